The normalized spacial score (nSPS) is 11.4. The van der Waals surface area contributed by atoms with Gasteiger partial charge in [-0.2, -0.15) is 0 Å². The lowest BCUT2D eigenvalue weighted by atomic mass is 9.77. The summed E-state index contributed by atoms with van der Waals surface area (Å²) in [6.07, 6.45) is 8.49. The van der Waals surface area contributed by atoms with Crippen molar-refractivity contribution >= 4 is 11.9 Å². The first-order chi connectivity index (χ1) is 48.2. The van der Waals surface area contributed by atoms with Crippen LogP contribution in [0.25, 0.3) is 45.0 Å². The van der Waals surface area contributed by atoms with Crippen molar-refractivity contribution in [2.24, 2.45) is 0 Å². The van der Waals surface area contributed by atoms with Gasteiger partial charge in [0.25, 0.3) is 0 Å². The van der Waals surface area contributed by atoms with Crippen LogP contribution in [-0.4, -0.2) is 81.7 Å². The smallest absolute Gasteiger partial charge is 0.356 e. The lowest BCUT2D eigenvalue weighted by Gasteiger charge is -2.36. The summed E-state index contributed by atoms with van der Waals surface area (Å²) < 4.78 is 7.67. The molecule has 4 aromatic heterocycles. The maximum Gasteiger partial charge on any atom is 0.356 e. The molecule has 0 aliphatic heterocycles. The Bertz CT molecular complexity index is 4740. The summed E-state index contributed by atoms with van der Waals surface area (Å²) in [5, 5.41) is 46.8. The van der Waals surface area contributed by atoms with Crippen molar-refractivity contribution in [3.63, 3.8) is 0 Å². The van der Waals surface area contributed by atoms with Gasteiger partial charge in [0.1, 0.15) is 28.4 Å². The van der Waals surface area contributed by atoms with Crippen molar-refractivity contribution in [3.05, 3.63) is 359 Å². The van der Waals surface area contributed by atoms with Gasteiger partial charge in [0, 0.05) is 43.3 Å². The number of unbranched alkanes of at least 4 members (excludes halogenated alkanes) is 2. The van der Waals surface area contributed by atoms with Crippen LogP contribution in [0.1, 0.15) is 117 Å². The predicted molar refractivity (Wildman–Crippen MR) is 380 cm³/mol. The molecule has 2 N–H and O–H groups in total. The highest BCUT2D eigenvalue weighted by atomic mass is 16.4. The van der Waals surface area contributed by atoms with Gasteiger partial charge in [0.2, 0.25) is 0 Å². The number of rotatable bonds is 24. The first-order valence-corrected chi connectivity index (χ1v) is 33.1. The van der Waals surface area contributed by atoms with Crippen molar-refractivity contribution < 1.29 is 19.8 Å². The van der Waals surface area contributed by atoms with Gasteiger partial charge in [0.15, 0.2) is 17.3 Å². The highest BCUT2D eigenvalue weighted by molar-refractivity contribution is 5.86. The van der Waals surface area contributed by atoms with E-state index in [1.165, 1.54) is 6.20 Å². The monoisotopic (exact) mass is 1290 g/mol. The van der Waals surface area contributed by atoms with E-state index in [1.54, 1.807) is 6.20 Å². The molecular formula is C82H72N12O4. The van der Waals surface area contributed by atoms with Gasteiger partial charge in [0.05, 0.1) is 6.20 Å². The second-order valence-electron chi connectivity index (χ2n) is 24.1. The van der Waals surface area contributed by atoms with Crippen molar-refractivity contribution in [1.29, 1.82) is 0 Å². The number of tetrazole rings is 2. The quantitative estimate of drug-likeness (QED) is 0.0544. The molecule has 0 saturated heterocycles. The van der Waals surface area contributed by atoms with E-state index in [-0.39, 0.29) is 11.4 Å². The summed E-state index contributed by atoms with van der Waals surface area (Å²) in [6.45, 7) is 5.19. The van der Waals surface area contributed by atoms with Gasteiger partial charge >= 0.3 is 11.9 Å². The minimum atomic E-state index is -1.01. The molecule has 484 valence electrons. The Morgan fingerprint density at radius 3 is 1.10 bits per heavy atom. The summed E-state index contributed by atoms with van der Waals surface area (Å²) in [7, 11) is 0. The number of carbonyl (C=O) groups is 2. The molecule has 16 heteroatoms. The third kappa shape index (κ3) is 12.9. The van der Waals surface area contributed by atoms with E-state index in [9.17, 15) is 19.8 Å². The average molecular weight is 1290 g/mol. The van der Waals surface area contributed by atoms with Gasteiger partial charge < -0.3 is 19.3 Å². The first kappa shape index (κ1) is 64.4. The Hall–Kier alpha value is -12.3. The van der Waals surface area contributed by atoms with Crippen LogP contribution in [0.5, 0.6) is 0 Å². The van der Waals surface area contributed by atoms with E-state index >= 15 is 0 Å². The van der Waals surface area contributed by atoms with Crippen LogP contribution < -0.4 is 0 Å². The Morgan fingerprint density at radius 1 is 0.398 bits per heavy atom. The molecule has 0 bridgehead atoms. The predicted octanol–water partition coefficient (Wildman–Crippen LogP) is 16.3. The number of carboxylic acids is 2. The summed E-state index contributed by atoms with van der Waals surface area (Å²) >= 11 is 0. The molecule has 0 atom stereocenters. The van der Waals surface area contributed by atoms with Crippen LogP contribution in [-0.2, 0) is 37.0 Å². The van der Waals surface area contributed by atoms with E-state index < -0.39 is 23.0 Å². The second kappa shape index (κ2) is 29.6. The molecule has 0 aliphatic rings. The van der Waals surface area contributed by atoms with E-state index in [4.69, 9.17) is 10.4 Å². The van der Waals surface area contributed by atoms with E-state index in [0.717, 1.165) is 128 Å². The van der Waals surface area contributed by atoms with Gasteiger partial charge in [-0.25, -0.2) is 28.9 Å². The number of benzene rings is 10. The number of imidazole rings is 2. The minimum Gasteiger partial charge on any atom is -0.477 e. The zero-order valence-electron chi connectivity index (χ0n) is 54.4. The third-order valence-corrected chi connectivity index (χ3v) is 18.0. The third-order valence-electron chi connectivity index (χ3n) is 18.0. The van der Waals surface area contributed by atoms with Gasteiger partial charge in [-0.05, 0) is 100 Å². The van der Waals surface area contributed by atoms with E-state index in [0.29, 0.717) is 24.7 Å². The number of aromatic nitrogens is 12. The molecule has 4 heterocycles. The van der Waals surface area contributed by atoms with Crippen molar-refractivity contribution in [1.82, 2.24) is 59.5 Å². The van der Waals surface area contributed by atoms with Crippen LogP contribution in [0, 0.1) is 0 Å². The molecule has 0 saturated carbocycles. The lowest BCUT2D eigenvalue weighted by molar-refractivity contribution is 0.0677. The Labute approximate surface area is 568 Å². The Balaban J connectivity index is 0.000000176. The summed E-state index contributed by atoms with van der Waals surface area (Å²) in [6, 6.07) is 95.2. The first-order valence-electron chi connectivity index (χ1n) is 33.1. The molecule has 98 heavy (non-hydrogen) atoms. The van der Waals surface area contributed by atoms with Crippen molar-refractivity contribution in [2.75, 3.05) is 0 Å². The highest BCUT2D eigenvalue weighted by Crippen LogP contribution is 2.46. The molecule has 0 unspecified atom stereocenters. The van der Waals surface area contributed by atoms with Gasteiger partial charge in [-0.1, -0.05) is 306 Å². The highest BCUT2D eigenvalue weighted by Gasteiger charge is 2.44. The van der Waals surface area contributed by atoms with Crippen molar-refractivity contribution in [3.8, 4) is 45.0 Å². The van der Waals surface area contributed by atoms with Crippen LogP contribution in [0.3, 0.4) is 0 Å². The number of aromatic carboxylic acids is 2. The fourth-order valence-corrected chi connectivity index (χ4v) is 13.3. The molecular weight excluding hydrogens is 1220 g/mol. The number of carboxylic acid groups (broad SMARTS) is 2. The molecule has 14 rings (SSSR count). The standard InChI is InChI=1S/2C41H36N6O2/c1-2-3-23-38-42-28-37(40(48)49)46(38)29-30-24-26-31(27-25-30)35-21-13-14-22-36(35)39-43-44-45-47(39)41(32-15-7-4-8-16-32,33-17-9-5-10-18-33)34-19-11-6-12-20-34;1-2-3-23-38-42-37(40(48)49)29-46(38)28-30-24-26-31(27-25-30)35-21-13-14-22-36(35)39-43-44-45-47(39)41(32-15-7-4-8-16-32,33-17-9-5-10-18-33)34-19-11-6-12-20-34/h4-22,24-28H,2-3,23,29H2,1H3,(H,48,49);4-22,24-27,29H,2-3,23,28H2,1H3,(H,48,49). The molecule has 0 amide bonds. The fraction of sp³-hybridized carbons (Fsp3) is 0.146. The molecule has 0 radical (unpaired) electrons. The summed E-state index contributed by atoms with van der Waals surface area (Å²) in [4.78, 5) is 32.5. The maximum absolute atomic E-state index is 12.0. The molecule has 14 aromatic rings. The zero-order chi connectivity index (χ0) is 67.3. The minimum absolute atomic E-state index is 0.0759. The maximum atomic E-state index is 12.0. The number of hydrogen-bond acceptors (Lipinski definition) is 10. The molecule has 16 nitrogen and oxygen atoms in total. The molecule has 10 aromatic carbocycles. The summed E-state index contributed by atoms with van der Waals surface area (Å²) in [5.74, 6) is 0.855. The van der Waals surface area contributed by atoms with Crippen LogP contribution in [0.4, 0.5) is 0 Å². The number of nitrogens with zero attached hydrogens (tertiary/aromatic N) is 12. The van der Waals surface area contributed by atoms with E-state index in [2.05, 4.69) is 214 Å². The number of aryl methyl sites for hydroxylation is 2. The topological polar surface area (TPSA) is 197 Å². The Kier molecular flexibility index (Phi) is 19.4. The van der Waals surface area contributed by atoms with Crippen molar-refractivity contribution in [2.45, 2.75) is 76.5 Å². The lowest BCUT2D eigenvalue weighted by Crippen LogP contribution is -2.39. The zero-order valence-corrected chi connectivity index (χ0v) is 54.4. The largest absolute Gasteiger partial charge is 0.477 e. The van der Waals surface area contributed by atoms with Crippen LogP contribution in [0.2, 0.25) is 0 Å². The van der Waals surface area contributed by atoms with Crippen LogP contribution in [0.15, 0.2) is 291 Å². The molecule has 0 spiro atoms. The van der Waals surface area contributed by atoms with E-state index in [1.807, 2.05) is 128 Å². The van der Waals surface area contributed by atoms with Gasteiger partial charge in [-0.3, -0.25) is 0 Å². The fourth-order valence-electron chi connectivity index (χ4n) is 13.3. The SMILES string of the molecule is CCCCc1nc(C(=O)O)cn1Cc1ccc(-c2ccccc2-c2nnnn2C(c2ccccc2)(c2ccccc2)c2ccccc2)cc1.CCCCc1ncc(C(=O)O)n1Cc1ccc(-c2ccccc2-c2nnnn2C(c2ccccc2)(c2ccccc2)c2ccccc2)cc1. The average Bonchev–Trinajstić information content (AvgIpc) is 1.19. The Morgan fingerprint density at radius 2 is 0.745 bits per heavy atom. The molecule has 0 aliphatic carbocycles. The van der Waals surface area contributed by atoms with Gasteiger partial charge in [-0.15, -0.1) is 10.2 Å². The van der Waals surface area contributed by atoms with Crippen LogP contribution >= 0.6 is 0 Å². The second-order valence-corrected chi connectivity index (χ2v) is 24.1. The summed E-state index contributed by atoms with van der Waals surface area (Å²) in [5.41, 5.74) is 12.5. The molecule has 0 fully saturated rings. The number of hydrogen-bond donors (Lipinski definition) is 2.